The van der Waals surface area contributed by atoms with Crippen molar-refractivity contribution in [3.05, 3.63) is 36.5 Å². The van der Waals surface area contributed by atoms with Crippen LogP contribution < -0.4 is 15.0 Å². The van der Waals surface area contributed by atoms with Crippen molar-refractivity contribution in [1.82, 2.24) is 14.7 Å². The van der Waals surface area contributed by atoms with Crippen LogP contribution >= 0.6 is 0 Å². The Morgan fingerprint density at radius 2 is 1.83 bits per heavy atom. The first-order valence-corrected chi connectivity index (χ1v) is 7.60. The van der Waals surface area contributed by atoms with Crippen molar-refractivity contribution < 1.29 is 9.53 Å². The van der Waals surface area contributed by atoms with Gasteiger partial charge in [0, 0.05) is 51.2 Å². The smallest absolute Gasteiger partial charge is 0.323 e. The molecule has 0 atom stereocenters. The molecule has 2 amide bonds. The molecule has 1 fully saturated rings. The highest BCUT2D eigenvalue weighted by Crippen LogP contribution is 2.20. The molecule has 0 aliphatic carbocycles. The van der Waals surface area contributed by atoms with E-state index in [1.165, 1.54) is 0 Å². The van der Waals surface area contributed by atoms with Crippen LogP contribution in [0.2, 0.25) is 0 Å². The Morgan fingerprint density at radius 1 is 1.13 bits per heavy atom. The van der Waals surface area contributed by atoms with E-state index in [1.54, 1.807) is 24.1 Å². The number of aromatic nitrogens is 2. The van der Waals surface area contributed by atoms with Gasteiger partial charge in [0.2, 0.25) is 0 Å². The normalized spacial score (nSPS) is 14.7. The van der Waals surface area contributed by atoms with Crippen molar-refractivity contribution in [2.24, 2.45) is 7.05 Å². The Morgan fingerprint density at radius 3 is 2.39 bits per heavy atom. The molecule has 23 heavy (non-hydrogen) atoms. The van der Waals surface area contributed by atoms with Crippen LogP contribution in [0.4, 0.5) is 16.3 Å². The number of benzene rings is 1. The lowest BCUT2D eigenvalue weighted by Gasteiger charge is -2.36. The predicted molar refractivity (Wildman–Crippen MR) is 89.0 cm³/mol. The molecule has 7 heteroatoms. The van der Waals surface area contributed by atoms with Crippen molar-refractivity contribution in [3.8, 4) is 5.75 Å². The highest BCUT2D eigenvalue weighted by atomic mass is 16.5. The number of nitrogens with zero attached hydrogens (tertiary/aromatic N) is 4. The molecule has 1 aromatic heterocycles. The SMILES string of the molecule is COc1ccc(N2CCN(C(=O)Nc3ccn(C)n3)CC2)cc1. The van der Waals surface area contributed by atoms with Gasteiger partial charge in [-0.2, -0.15) is 5.10 Å². The quantitative estimate of drug-likeness (QED) is 0.938. The summed E-state index contributed by atoms with van der Waals surface area (Å²) in [5.41, 5.74) is 1.15. The monoisotopic (exact) mass is 315 g/mol. The van der Waals surface area contributed by atoms with E-state index < -0.39 is 0 Å². The molecule has 0 saturated carbocycles. The fourth-order valence-corrected chi connectivity index (χ4v) is 2.63. The maximum Gasteiger partial charge on any atom is 0.323 e. The summed E-state index contributed by atoms with van der Waals surface area (Å²) in [7, 11) is 3.48. The molecule has 1 aromatic carbocycles. The van der Waals surface area contributed by atoms with Crippen molar-refractivity contribution in [2.45, 2.75) is 0 Å². The summed E-state index contributed by atoms with van der Waals surface area (Å²) in [5, 5.41) is 6.98. The maximum absolute atomic E-state index is 12.2. The van der Waals surface area contributed by atoms with Crippen LogP contribution in [-0.2, 0) is 7.05 Å². The molecule has 0 spiro atoms. The van der Waals surface area contributed by atoms with Gasteiger partial charge in [-0.25, -0.2) is 4.79 Å². The Balaban J connectivity index is 1.54. The topological polar surface area (TPSA) is 62.6 Å². The van der Waals surface area contributed by atoms with Gasteiger partial charge >= 0.3 is 6.03 Å². The molecule has 1 N–H and O–H groups in total. The van der Waals surface area contributed by atoms with Gasteiger partial charge in [0.1, 0.15) is 5.75 Å². The van der Waals surface area contributed by atoms with Gasteiger partial charge < -0.3 is 14.5 Å². The second kappa shape index (κ2) is 6.60. The average molecular weight is 315 g/mol. The summed E-state index contributed by atoms with van der Waals surface area (Å²) >= 11 is 0. The average Bonchev–Trinajstić information content (AvgIpc) is 3.00. The lowest BCUT2D eigenvalue weighted by Crippen LogP contribution is -2.50. The van der Waals surface area contributed by atoms with Gasteiger partial charge in [0.05, 0.1) is 7.11 Å². The number of urea groups is 1. The first kappa shape index (κ1) is 15.2. The highest BCUT2D eigenvalue weighted by molar-refractivity contribution is 5.88. The number of ether oxygens (including phenoxy) is 1. The first-order chi connectivity index (χ1) is 11.2. The Hall–Kier alpha value is -2.70. The summed E-state index contributed by atoms with van der Waals surface area (Å²) in [4.78, 5) is 16.3. The fourth-order valence-electron chi connectivity index (χ4n) is 2.63. The molecule has 7 nitrogen and oxygen atoms in total. The van der Waals surface area contributed by atoms with E-state index in [2.05, 4.69) is 15.3 Å². The van der Waals surface area contributed by atoms with Crippen LogP contribution in [0.5, 0.6) is 5.75 Å². The number of aryl methyl sites for hydroxylation is 1. The number of rotatable bonds is 3. The zero-order chi connectivity index (χ0) is 16.2. The molecule has 0 radical (unpaired) electrons. The standard InChI is InChI=1S/C16H21N5O2/c1-19-8-7-15(18-19)17-16(22)21-11-9-20(10-12-21)13-3-5-14(23-2)6-4-13/h3-8H,9-12H2,1-2H3,(H,17,18,22). The first-order valence-electron chi connectivity index (χ1n) is 7.60. The Kier molecular flexibility index (Phi) is 4.36. The number of piperazine rings is 1. The summed E-state index contributed by atoms with van der Waals surface area (Å²) in [6.07, 6.45) is 1.80. The third-order valence-corrected chi connectivity index (χ3v) is 3.95. The third-order valence-electron chi connectivity index (χ3n) is 3.95. The number of methoxy groups -OCH3 is 1. The van der Waals surface area contributed by atoms with Crippen molar-refractivity contribution in [1.29, 1.82) is 0 Å². The van der Waals surface area contributed by atoms with Crippen molar-refractivity contribution in [3.63, 3.8) is 0 Å². The zero-order valence-electron chi connectivity index (χ0n) is 13.4. The van der Waals surface area contributed by atoms with E-state index in [0.717, 1.165) is 24.5 Å². The molecule has 2 aromatic rings. The molecule has 1 aliphatic heterocycles. The minimum Gasteiger partial charge on any atom is -0.497 e. The second-order valence-corrected chi connectivity index (χ2v) is 5.48. The summed E-state index contributed by atoms with van der Waals surface area (Å²) < 4.78 is 6.84. The second-order valence-electron chi connectivity index (χ2n) is 5.48. The number of carbonyl (C=O) groups excluding carboxylic acids is 1. The van der Waals surface area contributed by atoms with Crippen LogP contribution in [0, 0.1) is 0 Å². The van der Waals surface area contributed by atoms with Crippen LogP contribution in [0.15, 0.2) is 36.5 Å². The number of carbonyl (C=O) groups is 1. The van der Waals surface area contributed by atoms with Gasteiger partial charge in [-0.3, -0.25) is 10.00 Å². The third kappa shape index (κ3) is 3.56. The van der Waals surface area contributed by atoms with E-state index in [4.69, 9.17) is 4.74 Å². The van der Waals surface area contributed by atoms with E-state index in [0.29, 0.717) is 18.9 Å². The van der Waals surface area contributed by atoms with Gasteiger partial charge in [-0.05, 0) is 24.3 Å². The van der Waals surface area contributed by atoms with Crippen LogP contribution in [-0.4, -0.2) is 54.0 Å². The van der Waals surface area contributed by atoms with Crippen LogP contribution in [0.25, 0.3) is 0 Å². The number of amides is 2. The van der Waals surface area contributed by atoms with Crippen molar-refractivity contribution in [2.75, 3.05) is 43.5 Å². The largest absolute Gasteiger partial charge is 0.497 e. The van der Waals surface area contributed by atoms with E-state index in [1.807, 2.05) is 36.2 Å². The minimum absolute atomic E-state index is 0.0990. The Bertz CT molecular complexity index is 659. The lowest BCUT2D eigenvalue weighted by molar-refractivity contribution is 0.208. The summed E-state index contributed by atoms with van der Waals surface area (Å²) in [6.45, 7) is 2.99. The molecule has 1 saturated heterocycles. The number of hydrogen-bond acceptors (Lipinski definition) is 4. The van der Waals surface area contributed by atoms with Gasteiger partial charge in [0.15, 0.2) is 5.82 Å². The summed E-state index contributed by atoms with van der Waals surface area (Å²) in [6, 6.07) is 9.68. The molecule has 2 heterocycles. The van der Waals surface area contributed by atoms with E-state index in [-0.39, 0.29) is 6.03 Å². The molecule has 122 valence electrons. The van der Waals surface area contributed by atoms with Gasteiger partial charge in [-0.1, -0.05) is 0 Å². The fraction of sp³-hybridized carbons (Fsp3) is 0.375. The van der Waals surface area contributed by atoms with E-state index in [9.17, 15) is 4.79 Å². The molecule has 0 unspecified atom stereocenters. The van der Waals surface area contributed by atoms with E-state index >= 15 is 0 Å². The minimum atomic E-state index is -0.0990. The lowest BCUT2D eigenvalue weighted by atomic mass is 10.2. The zero-order valence-corrected chi connectivity index (χ0v) is 13.4. The maximum atomic E-state index is 12.2. The molecular weight excluding hydrogens is 294 g/mol. The van der Waals surface area contributed by atoms with Gasteiger partial charge in [0.25, 0.3) is 0 Å². The molecule has 0 bridgehead atoms. The van der Waals surface area contributed by atoms with Gasteiger partial charge in [-0.15, -0.1) is 0 Å². The van der Waals surface area contributed by atoms with Crippen LogP contribution in [0.3, 0.4) is 0 Å². The number of nitrogens with one attached hydrogen (secondary N) is 1. The highest BCUT2D eigenvalue weighted by Gasteiger charge is 2.21. The molecule has 1 aliphatic rings. The summed E-state index contributed by atoms with van der Waals surface area (Å²) in [5.74, 6) is 1.43. The van der Waals surface area contributed by atoms with Crippen molar-refractivity contribution >= 4 is 17.5 Å². The number of hydrogen-bond donors (Lipinski definition) is 1. The number of anilines is 2. The molecule has 3 rings (SSSR count). The Labute approximate surface area is 135 Å². The molecular formula is C16H21N5O2. The predicted octanol–water partition coefficient (Wildman–Crippen LogP) is 1.78. The van der Waals surface area contributed by atoms with Crippen LogP contribution in [0.1, 0.15) is 0 Å².